The van der Waals surface area contributed by atoms with Crippen molar-refractivity contribution in [1.82, 2.24) is 5.32 Å². The van der Waals surface area contributed by atoms with Gasteiger partial charge >= 0.3 is 0 Å². The maximum atomic E-state index is 9.58. The van der Waals surface area contributed by atoms with Crippen molar-refractivity contribution in [3.05, 3.63) is 12.7 Å². The lowest BCUT2D eigenvalue weighted by atomic mass is 9.92. The molecular formula is C10H19NO. The van der Waals surface area contributed by atoms with Crippen LogP contribution in [-0.2, 0) is 0 Å². The van der Waals surface area contributed by atoms with Crippen molar-refractivity contribution >= 4 is 0 Å². The molecule has 1 aliphatic carbocycles. The van der Waals surface area contributed by atoms with Crippen LogP contribution >= 0.6 is 0 Å². The molecule has 0 aromatic heterocycles. The smallest absolute Gasteiger partial charge is 0.0693 e. The van der Waals surface area contributed by atoms with Crippen LogP contribution in [-0.4, -0.2) is 23.8 Å². The fourth-order valence-electron chi connectivity index (χ4n) is 1.72. The second-order valence-corrected chi connectivity index (χ2v) is 3.49. The first-order valence-corrected chi connectivity index (χ1v) is 4.87. The topological polar surface area (TPSA) is 32.3 Å². The van der Waals surface area contributed by atoms with Gasteiger partial charge in [0.2, 0.25) is 0 Å². The molecule has 1 rings (SSSR count). The largest absolute Gasteiger partial charge is 0.392 e. The van der Waals surface area contributed by atoms with Gasteiger partial charge in [0, 0.05) is 6.04 Å². The molecule has 0 saturated heterocycles. The average molecular weight is 169 g/mol. The number of aliphatic hydroxyl groups is 1. The zero-order chi connectivity index (χ0) is 8.81. The average Bonchev–Trinajstić information content (AvgIpc) is 2.09. The quantitative estimate of drug-likeness (QED) is 0.493. The Morgan fingerprint density at radius 2 is 2.17 bits per heavy atom. The highest BCUT2D eigenvalue weighted by Crippen LogP contribution is 2.17. The Balaban J connectivity index is 2.15. The summed E-state index contributed by atoms with van der Waals surface area (Å²) in [5.74, 6) is 0. The molecule has 2 N–H and O–H groups in total. The molecule has 0 radical (unpaired) electrons. The first-order valence-electron chi connectivity index (χ1n) is 4.87. The van der Waals surface area contributed by atoms with Crippen molar-refractivity contribution in [1.29, 1.82) is 0 Å². The van der Waals surface area contributed by atoms with Crippen LogP contribution in [0.25, 0.3) is 0 Å². The van der Waals surface area contributed by atoms with Crippen molar-refractivity contribution in [3.63, 3.8) is 0 Å². The summed E-state index contributed by atoms with van der Waals surface area (Å²) in [6.07, 6.45) is 7.29. The molecule has 0 amide bonds. The van der Waals surface area contributed by atoms with E-state index in [2.05, 4.69) is 11.9 Å². The fourth-order valence-corrected chi connectivity index (χ4v) is 1.72. The molecule has 0 aromatic rings. The highest BCUT2D eigenvalue weighted by molar-refractivity contribution is 4.81. The summed E-state index contributed by atoms with van der Waals surface area (Å²) < 4.78 is 0. The molecule has 0 spiro atoms. The maximum absolute atomic E-state index is 9.58. The Bertz CT molecular complexity index is 136. The van der Waals surface area contributed by atoms with Crippen molar-refractivity contribution in [2.75, 3.05) is 6.54 Å². The van der Waals surface area contributed by atoms with Crippen molar-refractivity contribution in [2.45, 2.75) is 44.2 Å². The minimum absolute atomic E-state index is 0.122. The van der Waals surface area contributed by atoms with Gasteiger partial charge in [-0.3, -0.25) is 0 Å². The molecule has 0 heterocycles. The molecule has 1 fully saturated rings. The Hall–Kier alpha value is -0.340. The molecular weight excluding hydrogens is 150 g/mol. The van der Waals surface area contributed by atoms with Gasteiger partial charge in [-0.25, -0.2) is 0 Å². The zero-order valence-electron chi connectivity index (χ0n) is 7.63. The third-order valence-corrected chi connectivity index (χ3v) is 2.48. The summed E-state index contributed by atoms with van der Waals surface area (Å²) in [6.45, 7) is 4.61. The van der Waals surface area contributed by atoms with Gasteiger partial charge in [0.25, 0.3) is 0 Å². The Morgan fingerprint density at radius 1 is 1.42 bits per heavy atom. The van der Waals surface area contributed by atoms with Crippen LogP contribution in [0.5, 0.6) is 0 Å². The van der Waals surface area contributed by atoms with Crippen LogP contribution < -0.4 is 5.32 Å². The zero-order valence-corrected chi connectivity index (χ0v) is 7.63. The first-order chi connectivity index (χ1) is 5.84. The van der Waals surface area contributed by atoms with E-state index >= 15 is 0 Å². The van der Waals surface area contributed by atoms with E-state index in [1.54, 1.807) is 0 Å². The molecule has 0 unspecified atom stereocenters. The predicted molar refractivity (Wildman–Crippen MR) is 51.1 cm³/mol. The number of rotatable bonds is 4. The van der Waals surface area contributed by atoms with E-state index in [1.807, 2.05) is 6.08 Å². The van der Waals surface area contributed by atoms with Gasteiger partial charge < -0.3 is 10.4 Å². The molecule has 2 nitrogen and oxygen atoms in total. The Morgan fingerprint density at radius 3 is 2.83 bits per heavy atom. The lowest BCUT2D eigenvalue weighted by molar-refractivity contribution is 0.0915. The number of nitrogens with one attached hydrogen (secondary N) is 1. The van der Waals surface area contributed by atoms with Gasteiger partial charge in [-0.2, -0.15) is 0 Å². The van der Waals surface area contributed by atoms with Crippen LogP contribution in [0.3, 0.4) is 0 Å². The third kappa shape index (κ3) is 2.95. The lowest BCUT2D eigenvalue weighted by Gasteiger charge is -2.28. The minimum Gasteiger partial charge on any atom is -0.392 e. The highest BCUT2D eigenvalue weighted by atomic mass is 16.3. The third-order valence-electron chi connectivity index (χ3n) is 2.48. The summed E-state index contributed by atoms with van der Waals surface area (Å²) in [5, 5.41) is 12.9. The molecule has 12 heavy (non-hydrogen) atoms. The normalized spacial score (nSPS) is 30.1. The van der Waals surface area contributed by atoms with Gasteiger partial charge in [0.15, 0.2) is 0 Å². The van der Waals surface area contributed by atoms with Gasteiger partial charge in [-0.15, -0.1) is 6.58 Å². The van der Waals surface area contributed by atoms with Crippen molar-refractivity contribution < 1.29 is 5.11 Å². The van der Waals surface area contributed by atoms with Crippen LogP contribution in [0, 0.1) is 0 Å². The molecule has 2 atom stereocenters. The SMILES string of the molecule is C=CCCN[C@@H]1CCCC[C@H]1O. The number of hydrogen-bond acceptors (Lipinski definition) is 2. The summed E-state index contributed by atoms with van der Waals surface area (Å²) >= 11 is 0. The van der Waals surface area contributed by atoms with E-state index in [-0.39, 0.29) is 6.10 Å². The summed E-state index contributed by atoms with van der Waals surface area (Å²) in [4.78, 5) is 0. The molecule has 0 aliphatic heterocycles. The van der Waals surface area contributed by atoms with Gasteiger partial charge in [-0.1, -0.05) is 18.9 Å². The summed E-state index contributed by atoms with van der Waals surface area (Å²) in [6, 6.07) is 0.332. The van der Waals surface area contributed by atoms with E-state index in [4.69, 9.17) is 0 Å². The van der Waals surface area contributed by atoms with Gasteiger partial charge in [0.05, 0.1) is 6.10 Å². The molecule has 1 saturated carbocycles. The van der Waals surface area contributed by atoms with E-state index in [9.17, 15) is 5.11 Å². The Kier molecular flexibility index (Phi) is 4.33. The first kappa shape index (κ1) is 9.75. The molecule has 2 heteroatoms. The second-order valence-electron chi connectivity index (χ2n) is 3.49. The monoisotopic (exact) mass is 169 g/mol. The molecule has 1 aliphatic rings. The molecule has 70 valence electrons. The highest BCUT2D eigenvalue weighted by Gasteiger charge is 2.21. The maximum Gasteiger partial charge on any atom is 0.0693 e. The Labute approximate surface area is 74.7 Å². The fraction of sp³-hybridized carbons (Fsp3) is 0.800. The van der Waals surface area contributed by atoms with E-state index < -0.39 is 0 Å². The van der Waals surface area contributed by atoms with E-state index in [0.717, 1.165) is 25.8 Å². The summed E-state index contributed by atoms with van der Waals surface area (Å²) in [5.41, 5.74) is 0. The van der Waals surface area contributed by atoms with Crippen molar-refractivity contribution in [2.24, 2.45) is 0 Å². The standard InChI is InChI=1S/C10H19NO/c1-2-3-8-11-9-6-4-5-7-10(9)12/h2,9-12H,1,3-8H2/t9-,10-/m1/s1. The predicted octanol–water partition coefficient (Wildman–Crippen LogP) is 1.46. The van der Waals surface area contributed by atoms with Gasteiger partial charge in [0.1, 0.15) is 0 Å². The van der Waals surface area contributed by atoms with E-state index in [1.165, 1.54) is 12.8 Å². The van der Waals surface area contributed by atoms with Crippen LogP contribution in [0.1, 0.15) is 32.1 Å². The van der Waals surface area contributed by atoms with Crippen molar-refractivity contribution in [3.8, 4) is 0 Å². The van der Waals surface area contributed by atoms with Gasteiger partial charge in [-0.05, 0) is 25.8 Å². The van der Waals surface area contributed by atoms with Crippen LogP contribution in [0.4, 0.5) is 0 Å². The van der Waals surface area contributed by atoms with Crippen LogP contribution in [0.15, 0.2) is 12.7 Å². The van der Waals surface area contributed by atoms with Crippen LogP contribution in [0.2, 0.25) is 0 Å². The summed E-state index contributed by atoms with van der Waals surface area (Å²) in [7, 11) is 0. The number of hydrogen-bond donors (Lipinski definition) is 2. The molecule has 0 aromatic carbocycles. The van der Waals surface area contributed by atoms with E-state index in [0.29, 0.717) is 6.04 Å². The number of aliphatic hydroxyl groups excluding tert-OH is 1. The molecule has 0 bridgehead atoms. The lowest BCUT2D eigenvalue weighted by Crippen LogP contribution is -2.42. The second kappa shape index (κ2) is 5.33. The minimum atomic E-state index is -0.122.